The van der Waals surface area contributed by atoms with Gasteiger partial charge >= 0.3 is 0 Å². The molecule has 1 aromatic rings. The Bertz CT molecular complexity index is 447. The molecule has 1 aliphatic carbocycles. The lowest BCUT2D eigenvalue weighted by Crippen LogP contribution is -2.47. The molecule has 0 aromatic heterocycles. The van der Waals surface area contributed by atoms with Crippen LogP contribution in [0.1, 0.15) is 44.2 Å². The van der Waals surface area contributed by atoms with Gasteiger partial charge in [-0.1, -0.05) is 25.0 Å². The van der Waals surface area contributed by atoms with Gasteiger partial charge in [-0.25, -0.2) is 9.82 Å². The van der Waals surface area contributed by atoms with Crippen molar-refractivity contribution < 1.29 is 13.9 Å². The lowest BCUT2D eigenvalue weighted by Gasteiger charge is -2.37. The topological polar surface area (TPSA) is 56.5 Å². The quantitative estimate of drug-likeness (QED) is 0.622. The number of ether oxygens (including phenoxy) is 2. The second-order valence-corrected chi connectivity index (χ2v) is 5.17. The van der Waals surface area contributed by atoms with Crippen LogP contribution in [0, 0.1) is 5.82 Å². The molecule has 0 spiro atoms. The molecule has 0 radical (unpaired) electrons. The van der Waals surface area contributed by atoms with E-state index in [1.54, 1.807) is 18.2 Å². The third kappa shape index (κ3) is 2.66. The van der Waals surface area contributed by atoms with Crippen LogP contribution in [0.25, 0.3) is 0 Å². The third-order valence-electron chi connectivity index (χ3n) is 4.10. The highest BCUT2D eigenvalue weighted by atomic mass is 19.1. The first-order chi connectivity index (χ1) is 9.68. The molecule has 1 atom stereocenters. The summed E-state index contributed by atoms with van der Waals surface area (Å²) in [5.74, 6) is 5.58. The van der Waals surface area contributed by atoms with Crippen molar-refractivity contribution in [1.29, 1.82) is 0 Å². The number of hydrogen-bond acceptors (Lipinski definition) is 4. The van der Waals surface area contributed by atoms with Crippen LogP contribution in [-0.4, -0.2) is 19.3 Å². The molecule has 5 heteroatoms. The molecule has 4 nitrogen and oxygen atoms in total. The van der Waals surface area contributed by atoms with Gasteiger partial charge in [0, 0.05) is 12.2 Å². The molecule has 2 rings (SSSR count). The minimum atomic E-state index is -0.434. The first kappa shape index (κ1) is 15.2. The molecule has 1 unspecified atom stereocenters. The lowest BCUT2D eigenvalue weighted by molar-refractivity contribution is -0.0635. The highest BCUT2D eigenvalue weighted by Crippen LogP contribution is 2.44. The van der Waals surface area contributed by atoms with Crippen molar-refractivity contribution in [1.82, 2.24) is 5.43 Å². The third-order valence-corrected chi connectivity index (χ3v) is 4.10. The average Bonchev–Trinajstić information content (AvgIpc) is 2.91. The maximum Gasteiger partial charge on any atom is 0.169 e. The minimum Gasteiger partial charge on any atom is -0.494 e. The SMILES string of the molecule is CCOC1(C(NN)c2cccc(OC)c2F)CCCC1. The molecule has 0 saturated heterocycles. The molecule has 0 aliphatic heterocycles. The van der Waals surface area contributed by atoms with E-state index >= 15 is 0 Å². The zero-order valence-electron chi connectivity index (χ0n) is 12.1. The largest absolute Gasteiger partial charge is 0.494 e. The number of hydrogen-bond donors (Lipinski definition) is 2. The monoisotopic (exact) mass is 282 g/mol. The van der Waals surface area contributed by atoms with Crippen LogP contribution in [-0.2, 0) is 4.74 Å². The number of nitrogens with two attached hydrogens (primary N) is 1. The van der Waals surface area contributed by atoms with Gasteiger partial charge in [-0.2, -0.15) is 0 Å². The van der Waals surface area contributed by atoms with Crippen molar-refractivity contribution in [2.45, 2.75) is 44.2 Å². The molecular weight excluding hydrogens is 259 g/mol. The number of benzene rings is 1. The fourth-order valence-electron chi connectivity index (χ4n) is 3.21. The van der Waals surface area contributed by atoms with Crippen molar-refractivity contribution in [2.75, 3.05) is 13.7 Å². The van der Waals surface area contributed by atoms with Crippen molar-refractivity contribution in [2.24, 2.45) is 5.84 Å². The summed E-state index contributed by atoms with van der Waals surface area (Å²) < 4.78 is 25.5. The second kappa shape index (κ2) is 6.52. The van der Waals surface area contributed by atoms with Gasteiger partial charge < -0.3 is 9.47 Å². The van der Waals surface area contributed by atoms with Gasteiger partial charge in [-0.15, -0.1) is 0 Å². The molecule has 0 bridgehead atoms. The van der Waals surface area contributed by atoms with Crippen LogP contribution < -0.4 is 16.0 Å². The van der Waals surface area contributed by atoms with Crippen molar-refractivity contribution in [3.8, 4) is 5.75 Å². The van der Waals surface area contributed by atoms with Crippen LogP contribution in [0.5, 0.6) is 5.75 Å². The Morgan fingerprint density at radius 1 is 1.40 bits per heavy atom. The molecule has 0 amide bonds. The molecular formula is C15H23FN2O2. The van der Waals surface area contributed by atoms with Crippen LogP contribution >= 0.6 is 0 Å². The Balaban J connectivity index is 2.40. The highest BCUT2D eigenvalue weighted by molar-refractivity contribution is 5.34. The summed E-state index contributed by atoms with van der Waals surface area (Å²) in [7, 11) is 1.46. The number of methoxy groups -OCH3 is 1. The maximum absolute atomic E-state index is 14.5. The first-order valence-electron chi connectivity index (χ1n) is 7.11. The van der Waals surface area contributed by atoms with Gasteiger partial charge in [-0.3, -0.25) is 5.84 Å². The first-order valence-corrected chi connectivity index (χ1v) is 7.11. The molecule has 1 aromatic carbocycles. The maximum atomic E-state index is 14.5. The van der Waals surface area contributed by atoms with E-state index in [0.717, 1.165) is 25.7 Å². The van der Waals surface area contributed by atoms with E-state index in [0.29, 0.717) is 12.2 Å². The van der Waals surface area contributed by atoms with Gasteiger partial charge in [0.25, 0.3) is 0 Å². The number of rotatable bonds is 6. The predicted octanol–water partition coefficient (Wildman–Crippen LogP) is 2.69. The predicted molar refractivity (Wildman–Crippen MR) is 75.8 cm³/mol. The zero-order valence-corrected chi connectivity index (χ0v) is 12.1. The van der Waals surface area contributed by atoms with Crippen molar-refractivity contribution >= 4 is 0 Å². The summed E-state index contributed by atoms with van der Waals surface area (Å²) in [6.07, 6.45) is 3.91. The van der Waals surface area contributed by atoms with Crippen LogP contribution in [0.2, 0.25) is 0 Å². The molecule has 1 saturated carbocycles. The van der Waals surface area contributed by atoms with Gasteiger partial charge in [0.05, 0.1) is 18.8 Å². The molecule has 1 fully saturated rings. The Hall–Kier alpha value is -1.17. The van der Waals surface area contributed by atoms with Crippen LogP contribution in [0.3, 0.4) is 0 Å². The van der Waals surface area contributed by atoms with E-state index < -0.39 is 5.60 Å². The number of halogens is 1. The Morgan fingerprint density at radius 3 is 2.65 bits per heavy atom. The summed E-state index contributed by atoms with van der Waals surface area (Å²) in [5.41, 5.74) is 2.83. The second-order valence-electron chi connectivity index (χ2n) is 5.17. The van der Waals surface area contributed by atoms with Crippen LogP contribution in [0.4, 0.5) is 4.39 Å². The van der Waals surface area contributed by atoms with E-state index in [1.165, 1.54) is 7.11 Å². The normalized spacial score (nSPS) is 19.0. The Labute approximate surface area is 119 Å². The molecule has 112 valence electrons. The van der Waals surface area contributed by atoms with Gasteiger partial charge in [-0.05, 0) is 25.8 Å². The van der Waals surface area contributed by atoms with E-state index in [9.17, 15) is 4.39 Å². The summed E-state index contributed by atoms with van der Waals surface area (Å²) in [6, 6.07) is 4.74. The van der Waals surface area contributed by atoms with Gasteiger partial charge in [0.15, 0.2) is 11.6 Å². The lowest BCUT2D eigenvalue weighted by atomic mass is 9.86. The summed E-state index contributed by atoms with van der Waals surface area (Å²) in [5, 5.41) is 0. The Morgan fingerprint density at radius 2 is 2.10 bits per heavy atom. The summed E-state index contributed by atoms with van der Waals surface area (Å²) >= 11 is 0. The average molecular weight is 282 g/mol. The van der Waals surface area contributed by atoms with Gasteiger partial charge in [0.1, 0.15) is 0 Å². The molecule has 20 heavy (non-hydrogen) atoms. The highest BCUT2D eigenvalue weighted by Gasteiger charge is 2.43. The fraction of sp³-hybridized carbons (Fsp3) is 0.600. The number of hydrazine groups is 1. The molecule has 1 aliphatic rings. The van der Waals surface area contributed by atoms with Crippen molar-refractivity contribution in [3.05, 3.63) is 29.6 Å². The van der Waals surface area contributed by atoms with E-state index in [1.807, 2.05) is 6.92 Å². The van der Waals surface area contributed by atoms with Crippen molar-refractivity contribution in [3.63, 3.8) is 0 Å². The standard InChI is InChI=1S/C15H23FN2O2/c1-3-20-15(9-4-5-10-15)14(18-17)11-7-6-8-12(19-2)13(11)16/h6-8,14,18H,3-5,9-10,17H2,1-2H3. The van der Waals surface area contributed by atoms with Gasteiger partial charge in [0.2, 0.25) is 0 Å². The van der Waals surface area contributed by atoms with Crippen LogP contribution in [0.15, 0.2) is 18.2 Å². The molecule has 0 heterocycles. The smallest absolute Gasteiger partial charge is 0.169 e. The Kier molecular flexibility index (Phi) is 4.96. The van der Waals surface area contributed by atoms with E-state index in [-0.39, 0.29) is 17.6 Å². The summed E-state index contributed by atoms with van der Waals surface area (Å²) in [6.45, 7) is 2.54. The zero-order chi connectivity index (χ0) is 14.6. The van der Waals surface area contributed by atoms with E-state index in [4.69, 9.17) is 15.3 Å². The fourth-order valence-corrected chi connectivity index (χ4v) is 3.21. The van der Waals surface area contributed by atoms with E-state index in [2.05, 4.69) is 5.43 Å². The number of nitrogens with one attached hydrogen (secondary N) is 1. The summed E-state index contributed by atoms with van der Waals surface area (Å²) in [4.78, 5) is 0. The molecule has 3 N–H and O–H groups in total. The minimum absolute atomic E-state index is 0.229.